The van der Waals surface area contributed by atoms with Crippen molar-refractivity contribution in [2.45, 2.75) is 38.5 Å². The Hall–Kier alpha value is -2.28. The Morgan fingerprint density at radius 1 is 1.12 bits per heavy atom. The van der Waals surface area contributed by atoms with Gasteiger partial charge in [-0.05, 0) is 74.5 Å². The third-order valence-electron chi connectivity index (χ3n) is 6.24. The molecular weight excluding hydrogens is 312 g/mol. The van der Waals surface area contributed by atoms with E-state index in [0.29, 0.717) is 5.69 Å². The summed E-state index contributed by atoms with van der Waals surface area (Å²) < 4.78 is 0. The summed E-state index contributed by atoms with van der Waals surface area (Å²) in [6.45, 7) is 0.0147. The second-order valence-electron chi connectivity index (χ2n) is 8.15. The molecule has 0 atom stereocenters. The number of amides is 2. The van der Waals surface area contributed by atoms with Crippen LogP contribution in [0.4, 0.5) is 5.69 Å². The largest absolute Gasteiger partial charge is 0.347 e. The second kappa shape index (κ2) is 6.22. The van der Waals surface area contributed by atoms with E-state index in [9.17, 15) is 9.59 Å². The Kier molecular flexibility index (Phi) is 4.03. The summed E-state index contributed by atoms with van der Waals surface area (Å²) in [6, 6.07) is 7.15. The number of terminal acetylenes is 1. The van der Waals surface area contributed by atoms with Crippen LogP contribution in [-0.2, 0) is 9.59 Å². The smallest absolute Gasteiger partial charge is 0.243 e. The molecule has 4 nitrogen and oxygen atoms in total. The summed E-state index contributed by atoms with van der Waals surface area (Å²) >= 11 is 0. The van der Waals surface area contributed by atoms with Crippen LogP contribution in [0.1, 0.15) is 44.1 Å². The Bertz CT molecular complexity index is 711. The lowest BCUT2D eigenvalue weighted by Gasteiger charge is -2.55. The van der Waals surface area contributed by atoms with Crippen LogP contribution in [-0.4, -0.2) is 18.4 Å². The van der Waals surface area contributed by atoms with Crippen molar-refractivity contribution in [2.75, 3.05) is 11.9 Å². The highest BCUT2D eigenvalue weighted by atomic mass is 16.2. The molecule has 4 saturated carbocycles. The first-order valence-electron chi connectivity index (χ1n) is 9.21. The number of hydrogen-bond donors (Lipinski definition) is 2. The number of carbonyl (C=O) groups excluding carboxylic acids is 2. The molecule has 0 saturated heterocycles. The number of anilines is 1. The number of hydrogen-bond acceptors (Lipinski definition) is 2. The molecule has 25 heavy (non-hydrogen) atoms. The third-order valence-corrected chi connectivity index (χ3v) is 6.24. The number of benzene rings is 1. The first kappa shape index (κ1) is 16.2. The van der Waals surface area contributed by atoms with Gasteiger partial charge in [0.1, 0.15) is 0 Å². The fourth-order valence-electron chi connectivity index (χ4n) is 5.63. The molecular formula is C21H24N2O2. The van der Waals surface area contributed by atoms with Gasteiger partial charge in [0.25, 0.3) is 0 Å². The zero-order chi connectivity index (χ0) is 17.4. The van der Waals surface area contributed by atoms with Crippen molar-refractivity contribution in [1.29, 1.82) is 0 Å². The maximum absolute atomic E-state index is 12.8. The van der Waals surface area contributed by atoms with Crippen LogP contribution in [0.15, 0.2) is 24.3 Å². The van der Waals surface area contributed by atoms with E-state index in [1.165, 1.54) is 19.3 Å². The van der Waals surface area contributed by atoms with E-state index in [0.717, 1.165) is 42.6 Å². The van der Waals surface area contributed by atoms with Crippen LogP contribution < -0.4 is 10.6 Å². The van der Waals surface area contributed by atoms with Crippen LogP contribution >= 0.6 is 0 Å². The van der Waals surface area contributed by atoms with Gasteiger partial charge in [-0.1, -0.05) is 12.0 Å². The molecule has 4 aliphatic rings. The monoisotopic (exact) mass is 336 g/mol. The molecule has 0 spiro atoms. The predicted molar refractivity (Wildman–Crippen MR) is 96.6 cm³/mol. The minimum absolute atomic E-state index is 0.0147. The molecule has 0 radical (unpaired) electrons. The summed E-state index contributed by atoms with van der Waals surface area (Å²) in [5.74, 6) is 4.57. The van der Waals surface area contributed by atoms with Crippen molar-refractivity contribution in [2.24, 2.45) is 23.2 Å². The maximum atomic E-state index is 12.8. The van der Waals surface area contributed by atoms with Gasteiger partial charge in [-0.3, -0.25) is 9.59 Å². The van der Waals surface area contributed by atoms with E-state index < -0.39 is 0 Å². The number of rotatable bonds is 4. The molecule has 1 aromatic carbocycles. The van der Waals surface area contributed by atoms with Crippen molar-refractivity contribution >= 4 is 17.5 Å². The van der Waals surface area contributed by atoms with Gasteiger partial charge in [-0.15, -0.1) is 6.42 Å². The lowest BCUT2D eigenvalue weighted by molar-refractivity contribution is -0.146. The van der Waals surface area contributed by atoms with Gasteiger partial charge in [-0.2, -0.15) is 0 Å². The number of carbonyl (C=O) groups is 2. The molecule has 4 bridgehead atoms. The van der Waals surface area contributed by atoms with Gasteiger partial charge in [0.15, 0.2) is 0 Å². The average molecular weight is 336 g/mol. The third kappa shape index (κ3) is 3.16. The lowest BCUT2D eigenvalue weighted by atomic mass is 9.49. The summed E-state index contributed by atoms with van der Waals surface area (Å²) in [4.78, 5) is 25.0. The predicted octanol–water partition coefficient (Wildman–Crippen LogP) is 2.94. The van der Waals surface area contributed by atoms with Crippen LogP contribution in [0.25, 0.3) is 0 Å². The Morgan fingerprint density at radius 3 is 2.36 bits per heavy atom. The normalized spacial score (nSPS) is 32.0. The Balaban J connectivity index is 1.34. The summed E-state index contributed by atoms with van der Waals surface area (Å²) in [6.07, 6.45) is 12.3. The first-order valence-corrected chi connectivity index (χ1v) is 9.21. The Morgan fingerprint density at radius 2 is 1.76 bits per heavy atom. The highest BCUT2D eigenvalue weighted by Crippen LogP contribution is 2.60. The van der Waals surface area contributed by atoms with Crippen molar-refractivity contribution in [3.63, 3.8) is 0 Å². The molecule has 1 aromatic rings. The molecule has 4 aliphatic carbocycles. The van der Waals surface area contributed by atoms with Gasteiger partial charge in [0.05, 0.1) is 6.54 Å². The summed E-state index contributed by atoms with van der Waals surface area (Å²) in [7, 11) is 0. The molecule has 2 amide bonds. The molecule has 5 rings (SSSR count). The Labute approximate surface area is 148 Å². The topological polar surface area (TPSA) is 58.2 Å². The van der Waals surface area contributed by atoms with E-state index in [1.54, 1.807) is 18.2 Å². The van der Waals surface area contributed by atoms with Gasteiger partial charge in [0, 0.05) is 16.7 Å². The molecule has 4 heteroatoms. The van der Waals surface area contributed by atoms with E-state index in [1.807, 2.05) is 6.07 Å². The maximum Gasteiger partial charge on any atom is 0.243 e. The minimum Gasteiger partial charge on any atom is -0.347 e. The molecule has 4 fully saturated rings. The van der Waals surface area contributed by atoms with Crippen molar-refractivity contribution in [3.8, 4) is 12.3 Å². The second-order valence-corrected chi connectivity index (χ2v) is 8.15. The molecule has 0 aliphatic heterocycles. The first-order chi connectivity index (χ1) is 12.1. The zero-order valence-electron chi connectivity index (χ0n) is 14.4. The van der Waals surface area contributed by atoms with Crippen molar-refractivity contribution in [1.82, 2.24) is 5.32 Å². The van der Waals surface area contributed by atoms with Gasteiger partial charge < -0.3 is 10.6 Å². The SMILES string of the molecule is C#Cc1cccc(NC(=O)CNC(=O)C23CC4CC(CC(C4)C2)C3)c1. The van der Waals surface area contributed by atoms with Crippen LogP contribution in [0.3, 0.4) is 0 Å². The van der Waals surface area contributed by atoms with E-state index in [4.69, 9.17) is 6.42 Å². The fourth-order valence-corrected chi connectivity index (χ4v) is 5.63. The van der Waals surface area contributed by atoms with Crippen LogP contribution in [0.2, 0.25) is 0 Å². The lowest BCUT2D eigenvalue weighted by Crippen LogP contribution is -2.54. The summed E-state index contributed by atoms with van der Waals surface area (Å²) in [5, 5.41) is 5.69. The highest BCUT2D eigenvalue weighted by Gasteiger charge is 2.54. The quantitative estimate of drug-likeness (QED) is 0.831. The molecule has 130 valence electrons. The van der Waals surface area contributed by atoms with Crippen LogP contribution in [0.5, 0.6) is 0 Å². The molecule has 2 N–H and O–H groups in total. The van der Waals surface area contributed by atoms with Gasteiger partial charge >= 0.3 is 0 Å². The summed E-state index contributed by atoms with van der Waals surface area (Å²) in [5.41, 5.74) is 1.17. The number of nitrogens with one attached hydrogen (secondary N) is 2. The van der Waals surface area contributed by atoms with Crippen molar-refractivity contribution < 1.29 is 9.59 Å². The van der Waals surface area contributed by atoms with Gasteiger partial charge in [0.2, 0.25) is 11.8 Å². The standard InChI is InChI=1S/C21H24N2O2/c1-2-14-4-3-5-18(9-14)23-19(24)13-22-20(25)21-10-15-6-16(11-21)8-17(7-15)12-21/h1,3-5,9,15-17H,6-8,10-13H2,(H,22,25)(H,23,24). The molecule has 0 aromatic heterocycles. The minimum atomic E-state index is -0.216. The average Bonchev–Trinajstić information content (AvgIpc) is 2.58. The van der Waals surface area contributed by atoms with Crippen LogP contribution in [0, 0.1) is 35.5 Å². The highest BCUT2D eigenvalue weighted by molar-refractivity contribution is 5.95. The molecule has 0 unspecified atom stereocenters. The van der Waals surface area contributed by atoms with E-state index in [-0.39, 0.29) is 23.8 Å². The van der Waals surface area contributed by atoms with Crippen molar-refractivity contribution in [3.05, 3.63) is 29.8 Å². The van der Waals surface area contributed by atoms with E-state index in [2.05, 4.69) is 16.6 Å². The zero-order valence-corrected chi connectivity index (χ0v) is 14.4. The van der Waals surface area contributed by atoms with Gasteiger partial charge in [-0.25, -0.2) is 0 Å². The van der Waals surface area contributed by atoms with E-state index >= 15 is 0 Å². The molecule has 0 heterocycles. The fraction of sp³-hybridized carbons (Fsp3) is 0.524.